The number of carboxylic acids is 1. The van der Waals surface area contributed by atoms with E-state index in [0.29, 0.717) is 10.8 Å². The van der Waals surface area contributed by atoms with Crippen LogP contribution in [0.4, 0.5) is 0 Å². The molecule has 1 heterocycles. The van der Waals surface area contributed by atoms with Gasteiger partial charge in [0.1, 0.15) is 4.88 Å². The van der Waals surface area contributed by atoms with Crippen molar-refractivity contribution in [1.82, 2.24) is 0 Å². The number of fused-ring (bicyclic) bond motifs is 1. The molecule has 1 fully saturated rings. The van der Waals surface area contributed by atoms with Crippen molar-refractivity contribution in [3.63, 3.8) is 0 Å². The van der Waals surface area contributed by atoms with E-state index < -0.39 is 5.97 Å². The second-order valence-electron chi connectivity index (χ2n) is 4.38. The van der Waals surface area contributed by atoms with Gasteiger partial charge in [0.2, 0.25) is 0 Å². The average molecular weight is 232 g/mol. The topological polar surface area (TPSA) is 37.3 Å². The zero-order valence-electron chi connectivity index (χ0n) is 8.99. The summed E-state index contributed by atoms with van der Waals surface area (Å²) in [6.45, 7) is 2.04. The van der Waals surface area contributed by atoms with Gasteiger partial charge in [0.05, 0.1) is 0 Å². The van der Waals surface area contributed by atoms with E-state index in [-0.39, 0.29) is 0 Å². The van der Waals surface area contributed by atoms with E-state index >= 15 is 0 Å². The Morgan fingerprint density at radius 1 is 1.44 bits per heavy atom. The van der Waals surface area contributed by atoms with Gasteiger partial charge in [0.25, 0.3) is 0 Å². The molecule has 0 unspecified atom stereocenters. The molecule has 0 atom stereocenters. The molecule has 1 N–H and O–H groups in total. The summed E-state index contributed by atoms with van der Waals surface area (Å²) in [5.41, 5.74) is 2.26. The van der Waals surface area contributed by atoms with Crippen molar-refractivity contribution in [3.05, 3.63) is 34.2 Å². The first kappa shape index (κ1) is 9.85. The third-order valence-electron chi connectivity index (χ3n) is 3.13. The minimum Gasteiger partial charge on any atom is -0.477 e. The molecule has 16 heavy (non-hydrogen) atoms. The van der Waals surface area contributed by atoms with Crippen molar-refractivity contribution in [2.45, 2.75) is 25.7 Å². The van der Waals surface area contributed by atoms with Gasteiger partial charge in [0, 0.05) is 4.70 Å². The molecule has 1 aromatic heterocycles. The quantitative estimate of drug-likeness (QED) is 0.855. The van der Waals surface area contributed by atoms with Gasteiger partial charge < -0.3 is 5.11 Å². The van der Waals surface area contributed by atoms with E-state index in [9.17, 15) is 9.90 Å². The maximum absolute atomic E-state index is 11.2. The van der Waals surface area contributed by atoms with Crippen LogP contribution >= 0.6 is 11.3 Å². The maximum atomic E-state index is 11.2. The number of hydrogen-bond acceptors (Lipinski definition) is 2. The fourth-order valence-corrected chi connectivity index (χ4v) is 3.41. The number of benzene rings is 1. The van der Waals surface area contributed by atoms with Gasteiger partial charge in [-0.1, -0.05) is 18.2 Å². The van der Waals surface area contributed by atoms with E-state index in [1.807, 2.05) is 19.1 Å². The molecule has 0 spiro atoms. The number of thiophene rings is 1. The van der Waals surface area contributed by atoms with Crippen LogP contribution in [0.25, 0.3) is 10.1 Å². The number of rotatable bonds is 2. The van der Waals surface area contributed by atoms with Crippen LogP contribution in [0.3, 0.4) is 0 Å². The second-order valence-corrected chi connectivity index (χ2v) is 5.40. The summed E-state index contributed by atoms with van der Waals surface area (Å²) in [5, 5.41) is 10.4. The highest BCUT2D eigenvalue weighted by molar-refractivity contribution is 7.21. The van der Waals surface area contributed by atoms with Gasteiger partial charge in [-0.25, -0.2) is 4.79 Å². The smallest absolute Gasteiger partial charge is 0.346 e. The first-order valence-corrected chi connectivity index (χ1v) is 6.25. The molecule has 82 valence electrons. The summed E-state index contributed by atoms with van der Waals surface area (Å²) in [6, 6.07) is 6.11. The van der Waals surface area contributed by atoms with E-state index in [1.54, 1.807) is 0 Å². The average Bonchev–Trinajstić information content (AvgIpc) is 2.99. The number of aromatic carboxylic acids is 1. The Bertz CT molecular complexity index is 579. The molecule has 0 saturated heterocycles. The lowest BCUT2D eigenvalue weighted by molar-refractivity contribution is 0.0701. The normalized spacial score (nSPS) is 15.6. The highest BCUT2D eigenvalue weighted by Gasteiger charge is 2.31. The van der Waals surface area contributed by atoms with Crippen LogP contribution < -0.4 is 0 Å². The SMILES string of the molecule is Cc1cccc2c(C3CC3)c(C(=O)O)sc12. The van der Waals surface area contributed by atoms with Gasteiger partial charge in [-0.15, -0.1) is 11.3 Å². The molecular weight excluding hydrogens is 220 g/mol. The molecule has 1 aromatic carbocycles. The van der Waals surface area contributed by atoms with Crippen molar-refractivity contribution < 1.29 is 9.90 Å². The molecule has 2 aromatic rings. The summed E-state index contributed by atoms with van der Waals surface area (Å²) in [7, 11) is 0. The largest absolute Gasteiger partial charge is 0.477 e. The van der Waals surface area contributed by atoms with Crippen molar-refractivity contribution in [2.24, 2.45) is 0 Å². The molecule has 3 heteroatoms. The van der Waals surface area contributed by atoms with Crippen LogP contribution in [-0.4, -0.2) is 11.1 Å². The van der Waals surface area contributed by atoms with Crippen LogP contribution in [0.1, 0.15) is 39.6 Å². The molecule has 0 radical (unpaired) electrons. The Morgan fingerprint density at radius 3 is 2.81 bits per heavy atom. The fraction of sp³-hybridized carbons (Fsp3) is 0.308. The fourth-order valence-electron chi connectivity index (χ4n) is 2.22. The minimum atomic E-state index is -0.775. The van der Waals surface area contributed by atoms with E-state index in [2.05, 4.69) is 6.07 Å². The predicted octanol–water partition coefficient (Wildman–Crippen LogP) is 3.79. The molecule has 0 amide bonds. The van der Waals surface area contributed by atoms with Crippen molar-refractivity contribution in [2.75, 3.05) is 0 Å². The number of hydrogen-bond donors (Lipinski definition) is 1. The van der Waals surface area contributed by atoms with Crippen LogP contribution in [0.5, 0.6) is 0 Å². The maximum Gasteiger partial charge on any atom is 0.346 e. The molecule has 0 aliphatic heterocycles. The lowest BCUT2D eigenvalue weighted by Gasteiger charge is -1.98. The monoisotopic (exact) mass is 232 g/mol. The Labute approximate surface area is 97.5 Å². The lowest BCUT2D eigenvalue weighted by atomic mass is 10.0. The number of aryl methyl sites for hydroxylation is 1. The summed E-state index contributed by atoms with van der Waals surface area (Å²) < 4.78 is 1.14. The van der Waals surface area contributed by atoms with E-state index in [1.165, 1.54) is 16.9 Å². The predicted molar refractivity (Wildman–Crippen MR) is 65.5 cm³/mol. The molecule has 3 rings (SSSR count). The third-order valence-corrected chi connectivity index (χ3v) is 4.48. The summed E-state index contributed by atoms with van der Waals surface area (Å²) in [4.78, 5) is 11.8. The molecular formula is C13H12O2S. The first-order valence-electron chi connectivity index (χ1n) is 5.44. The Morgan fingerprint density at radius 2 is 2.19 bits per heavy atom. The summed E-state index contributed by atoms with van der Waals surface area (Å²) >= 11 is 1.43. The van der Waals surface area contributed by atoms with Crippen molar-refractivity contribution in [1.29, 1.82) is 0 Å². The van der Waals surface area contributed by atoms with Gasteiger partial charge >= 0.3 is 5.97 Å². The van der Waals surface area contributed by atoms with E-state index in [4.69, 9.17) is 0 Å². The third kappa shape index (κ3) is 1.35. The summed E-state index contributed by atoms with van der Waals surface area (Å²) in [5.74, 6) is -0.288. The van der Waals surface area contributed by atoms with Gasteiger partial charge in [-0.05, 0) is 42.2 Å². The number of carboxylic acid groups (broad SMARTS) is 1. The van der Waals surface area contributed by atoms with Crippen molar-refractivity contribution >= 4 is 27.4 Å². The Balaban J connectivity index is 2.37. The number of carbonyl (C=O) groups is 1. The second kappa shape index (κ2) is 3.32. The lowest BCUT2D eigenvalue weighted by Crippen LogP contribution is -1.96. The zero-order valence-corrected chi connectivity index (χ0v) is 9.80. The molecule has 1 saturated carbocycles. The van der Waals surface area contributed by atoms with E-state index in [0.717, 1.165) is 28.5 Å². The molecule has 1 aliphatic carbocycles. The van der Waals surface area contributed by atoms with Crippen LogP contribution in [0.15, 0.2) is 18.2 Å². The van der Waals surface area contributed by atoms with Gasteiger partial charge in [-0.2, -0.15) is 0 Å². The minimum absolute atomic E-state index is 0.488. The summed E-state index contributed by atoms with van der Waals surface area (Å²) in [6.07, 6.45) is 2.28. The molecule has 2 nitrogen and oxygen atoms in total. The molecule has 0 bridgehead atoms. The van der Waals surface area contributed by atoms with Crippen LogP contribution in [0.2, 0.25) is 0 Å². The van der Waals surface area contributed by atoms with Crippen LogP contribution in [-0.2, 0) is 0 Å². The first-order chi connectivity index (χ1) is 7.68. The van der Waals surface area contributed by atoms with Gasteiger partial charge in [0.15, 0.2) is 0 Å². The molecule has 1 aliphatic rings. The Hall–Kier alpha value is -1.35. The van der Waals surface area contributed by atoms with Crippen LogP contribution in [0, 0.1) is 6.92 Å². The van der Waals surface area contributed by atoms with Crippen molar-refractivity contribution in [3.8, 4) is 0 Å². The standard InChI is InChI=1S/C13H12O2S/c1-7-3-2-4-9-10(8-5-6-8)12(13(14)15)16-11(7)9/h2-4,8H,5-6H2,1H3,(H,14,15). The highest BCUT2D eigenvalue weighted by Crippen LogP contribution is 2.48. The zero-order chi connectivity index (χ0) is 11.3. The highest BCUT2D eigenvalue weighted by atomic mass is 32.1. The Kier molecular flexibility index (Phi) is 2.04. The van der Waals surface area contributed by atoms with Gasteiger partial charge in [-0.3, -0.25) is 0 Å².